The van der Waals surface area contributed by atoms with Gasteiger partial charge in [-0.15, -0.1) is 0 Å². The number of hydrogen-bond acceptors (Lipinski definition) is 5. The minimum absolute atomic E-state index is 0.0212. The van der Waals surface area contributed by atoms with Gasteiger partial charge in [-0.1, -0.05) is 23.7 Å². The number of carbonyl (C=O) groups is 1. The maximum Gasteiger partial charge on any atom is 0.416 e. The molecule has 1 aliphatic carbocycles. The van der Waals surface area contributed by atoms with Gasteiger partial charge in [0.05, 0.1) is 40.9 Å². The summed E-state index contributed by atoms with van der Waals surface area (Å²) in [4.78, 5) is 14.4. The van der Waals surface area contributed by atoms with Gasteiger partial charge in [0.1, 0.15) is 11.6 Å². The van der Waals surface area contributed by atoms with Gasteiger partial charge >= 0.3 is 6.18 Å². The normalized spacial score (nSPS) is 18.8. The molecule has 33 heavy (non-hydrogen) atoms. The van der Waals surface area contributed by atoms with E-state index in [1.54, 1.807) is 24.3 Å². The highest BCUT2D eigenvalue weighted by Crippen LogP contribution is 2.48. The molecular weight excluding hydrogens is 455 g/mol. The lowest BCUT2D eigenvalue weighted by Gasteiger charge is -2.40. The van der Waals surface area contributed by atoms with E-state index in [1.807, 2.05) is 0 Å². The van der Waals surface area contributed by atoms with Gasteiger partial charge in [0.15, 0.2) is 5.78 Å². The van der Waals surface area contributed by atoms with Crippen LogP contribution in [0.25, 0.3) is 0 Å². The van der Waals surface area contributed by atoms with Crippen LogP contribution in [-0.4, -0.2) is 12.9 Å². The summed E-state index contributed by atoms with van der Waals surface area (Å²) in [6.07, 6.45) is -3.42. The molecule has 0 aromatic heterocycles. The predicted octanol–water partition coefficient (Wildman–Crippen LogP) is 5.67. The lowest BCUT2D eigenvalue weighted by Crippen LogP contribution is -2.39. The second kappa shape index (κ2) is 8.49. The largest absolute Gasteiger partial charge is 0.497 e. The Bertz CT molecular complexity index is 1230. The first-order valence-electron chi connectivity index (χ1n) is 10.1. The lowest BCUT2D eigenvalue weighted by molar-refractivity contribution is -0.137. The van der Waals surface area contributed by atoms with Crippen LogP contribution in [0.4, 0.5) is 18.9 Å². The van der Waals surface area contributed by atoms with Gasteiger partial charge in [-0.2, -0.15) is 18.4 Å². The molecule has 170 valence electrons. The molecule has 0 bridgehead atoms. The fourth-order valence-corrected chi connectivity index (χ4v) is 4.55. The standard InChI is InChI=1S/C24H19ClF3N3O2/c1-33-15-8-5-13(6-9-15)21-16(12-29)23(30)31(18-3-2-4-20(32)22(18)21)19-11-14(24(26,27)28)7-10-17(19)25/h5-11,21H,2-4,30H2,1H3. The van der Waals surface area contributed by atoms with Crippen LogP contribution in [0.5, 0.6) is 5.75 Å². The molecule has 9 heteroatoms. The van der Waals surface area contributed by atoms with Gasteiger partial charge in [0, 0.05) is 17.7 Å². The summed E-state index contributed by atoms with van der Waals surface area (Å²) in [5.74, 6) is -0.352. The highest BCUT2D eigenvalue weighted by molar-refractivity contribution is 6.33. The number of benzene rings is 2. The van der Waals surface area contributed by atoms with E-state index in [2.05, 4.69) is 6.07 Å². The number of ketones is 1. The van der Waals surface area contributed by atoms with Crippen LogP contribution in [-0.2, 0) is 11.0 Å². The summed E-state index contributed by atoms with van der Waals surface area (Å²) in [6, 6.07) is 11.9. The van der Waals surface area contributed by atoms with Gasteiger partial charge in [-0.3, -0.25) is 9.69 Å². The van der Waals surface area contributed by atoms with Crippen molar-refractivity contribution in [1.29, 1.82) is 5.26 Å². The van der Waals surface area contributed by atoms with Crippen LogP contribution in [0.3, 0.4) is 0 Å². The van der Waals surface area contributed by atoms with Crippen LogP contribution in [0.15, 0.2) is 65.1 Å². The van der Waals surface area contributed by atoms with Crippen LogP contribution < -0.4 is 15.4 Å². The number of nitrogens with zero attached hydrogens (tertiary/aromatic N) is 2. The average molecular weight is 474 g/mol. The fraction of sp³-hybridized carbons (Fsp3) is 0.250. The number of halogens is 4. The first kappa shape index (κ1) is 22.7. The van der Waals surface area contributed by atoms with E-state index in [4.69, 9.17) is 22.1 Å². The maximum atomic E-state index is 13.4. The van der Waals surface area contributed by atoms with E-state index in [0.717, 1.165) is 18.2 Å². The van der Waals surface area contributed by atoms with Crippen molar-refractivity contribution < 1.29 is 22.7 Å². The van der Waals surface area contributed by atoms with Crippen molar-refractivity contribution in [3.8, 4) is 11.8 Å². The molecule has 5 nitrogen and oxygen atoms in total. The Labute approximate surface area is 193 Å². The smallest absolute Gasteiger partial charge is 0.416 e. The van der Waals surface area contributed by atoms with E-state index in [9.17, 15) is 23.2 Å². The van der Waals surface area contributed by atoms with Crippen molar-refractivity contribution in [1.82, 2.24) is 0 Å². The molecule has 0 radical (unpaired) electrons. The number of anilines is 1. The number of hydrogen-bond donors (Lipinski definition) is 1. The van der Waals surface area contributed by atoms with Gasteiger partial charge < -0.3 is 10.5 Å². The highest BCUT2D eigenvalue weighted by Gasteiger charge is 2.41. The van der Waals surface area contributed by atoms with Crippen molar-refractivity contribution in [2.45, 2.75) is 31.4 Å². The number of nitrogens with two attached hydrogens (primary N) is 1. The summed E-state index contributed by atoms with van der Waals surface area (Å²) >= 11 is 6.30. The summed E-state index contributed by atoms with van der Waals surface area (Å²) < 4.78 is 45.4. The number of allylic oxidation sites excluding steroid dienone is 3. The second-order valence-corrected chi connectivity index (χ2v) is 8.16. The molecule has 2 aromatic carbocycles. The third-order valence-corrected chi connectivity index (χ3v) is 6.20. The molecule has 0 amide bonds. The molecule has 1 unspecified atom stereocenters. The first-order chi connectivity index (χ1) is 15.7. The van der Waals surface area contributed by atoms with Gasteiger partial charge in [0.25, 0.3) is 0 Å². The van der Waals surface area contributed by atoms with Crippen LogP contribution in [0, 0.1) is 11.3 Å². The Kier molecular flexibility index (Phi) is 5.85. The number of Topliss-reactive ketones (excluding diaryl/α,β-unsaturated/α-hetero) is 1. The molecule has 1 heterocycles. The Hall–Kier alpha value is -3.44. The number of ether oxygens (including phenoxy) is 1. The zero-order valence-electron chi connectivity index (χ0n) is 17.5. The number of carbonyl (C=O) groups excluding carboxylic acids is 1. The zero-order valence-corrected chi connectivity index (χ0v) is 18.3. The second-order valence-electron chi connectivity index (χ2n) is 7.75. The molecule has 2 aromatic rings. The summed E-state index contributed by atoms with van der Waals surface area (Å²) in [5, 5.41) is 10.0. The van der Waals surface area contributed by atoms with Crippen molar-refractivity contribution in [3.63, 3.8) is 0 Å². The van der Waals surface area contributed by atoms with E-state index in [1.165, 1.54) is 12.0 Å². The van der Waals surface area contributed by atoms with Gasteiger partial charge in [0.2, 0.25) is 0 Å². The SMILES string of the molecule is COc1ccc(C2C(C#N)=C(N)N(c3cc(C(F)(F)F)ccc3Cl)C3=C2C(=O)CCC3)cc1. The van der Waals surface area contributed by atoms with E-state index >= 15 is 0 Å². The Morgan fingerprint density at radius 3 is 2.48 bits per heavy atom. The van der Waals surface area contributed by atoms with E-state index in [0.29, 0.717) is 35.4 Å². The van der Waals surface area contributed by atoms with Crippen LogP contribution >= 0.6 is 11.6 Å². The molecular formula is C24H19ClF3N3O2. The maximum absolute atomic E-state index is 13.4. The topological polar surface area (TPSA) is 79.3 Å². The van der Waals surface area contributed by atoms with E-state index in [-0.39, 0.29) is 34.3 Å². The molecule has 2 aliphatic rings. The highest BCUT2D eigenvalue weighted by atomic mass is 35.5. The number of alkyl halides is 3. The average Bonchev–Trinajstić information content (AvgIpc) is 2.78. The van der Waals surface area contributed by atoms with Crippen molar-refractivity contribution in [2.24, 2.45) is 5.73 Å². The third-order valence-electron chi connectivity index (χ3n) is 5.88. The molecule has 1 atom stereocenters. The monoisotopic (exact) mass is 473 g/mol. The van der Waals surface area contributed by atoms with Gasteiger partial charge in [-0.05, 0) is 48.7 Å². The first-order valence-corrected chi connectivity index (χ1v) is 10.5. The zero-order chi connectivity index (χ0) is 23.9. The lowest BCUT2D eigenvalue weighted by atomic mass is 9.75. The molecule has 0 fully saturated rings. The summed E-state index contributed by atoms with van der Waals surface area (Å²) in [7, 11) is 1.52. The molecule has 1 aliphatic heterocycles. The Morgan fingerprint density at radius 1 is 1.18 bits per heavy atom. The number of rotatable bonds is 3. The molecule has 0 spiro atoms. The van der Waals surface area contributed by atoms with Crippen molar-refractivity contribution >= 4 is 23.1 Å². The molecule has 4 rings (SSSR count). The fourth-order valence-electron chi connectivity index (χ4n) is 4.35. The van der Waals surface area contributed by atoms with Crippen molar-refractivity contribution in [2.75, 3.05) is 12.0 Å². The number of nitriles is 1. The minimum atomic E-state index is -4.60. The molecule has 0 saturated heterocycles. The number of methoxy groups -OCH3 is 1. The predicted molar refractivity (Wildman–Crippen MR) is 117 cm³/mol. The Morgan fingerprint density at radius 2 is 1.88 bits per heavy atom. The Balaban J connectivity index is 1.96. The van der Waals surface area contributed by atoms with Crippen LogP contribution in [0.1, 0.15) is 36.3 Å². The molecule has 2 N–H and O–H groups in total. The van der Waals surface area contributed by atoms with Crippen molar-refractivity contribution in [3.05, 3.63) is 81.3 Å². The summed E-state index contributed by atoms with van der Waals surface area (Å²) in [6.45, 7) is 0. The summed E-state index contributed by atoms with van der Waals surface area (Å²) in [5.41, 5.74) is 7.02. The molecule has 0 saturated carbocycles. The van der Waals surface area contributed by atoms with Crippen LogP contribution in [0.2, 0.25) is 5.02 Å². The third kappa shape index (κ3) is 3.93. The quantitative estimate of drug-likeness (QED) is 0.621. The van der Waals surface area contributed by atoms with Gasteiger partial charge in [-0.25, -0.2) is 0 Å². The van der Waals surface area contributed by atoms with E-state index < -0.39 is 17.7 Å². The minimum Gasteiger partial charge on any atom is -0.497 e.